The number of aromatic amines is 1. The molecule has 1 heterocycles. The molecule has 1 N–H and O–H groups in total. The Balaban J connectivity index is 2.50. The summed E-state index contributed by atoms with van der Waals surface area (Å²) in [6.45, 7) is 1.64. The Morgan fingerprint density at radius 1 is 1.39 bits per heavy atom. The second-order valence-corrected chi connectivity index (χ2v) is 4.32. The van der Waals surface area contributed by atoms with Crippen molar-refractivity contribution in [2.45, 2.75) is 13.3 Å². The molecule has 1 aromatic carbocycles. The van der Waals surface area contributed by atoms with E-state index in [1.807, 2.05) is 0 Å². The number of aliphatic carboxylic acids is 1. The number of carboxylic acids is 1. The molecule has 2 aromatic rings. The van der Waals surface area contributed by atoms with E-state index < -0.39 is 12.4 Å². The summed E-state index contributed by atoms with van der Waals surface area (Å²) in [6.07, 6.45) is -0.401. The highest BCUT2D eigenvalue weighted by molar-refractivity contribution is 6.30. The van der Waals surface area contributed by atoms with Gasteiger partial charge in [0.05, 0.1) is 5.69 Å². The fraction of sp³-hybridized carbons (Fsp3) is 0.167. The van der Waals surface area contributed by atoms with Gasteiger partial charge in [0.25, 0.3) is 5.56 Å². The summed E-state index contributed by atoms with van der Waals surface area (Å²) in [6, 6.07) is 6.64. The van der Waals surface area contributed by atoms with Gasteiger partial charge in [-0.25, -0.2) is 4.68 Å². The Kier molecular flexibility index (Phi) is 3.25. The number of nitrogens with zero attached hydrogens (tertiary/aromatic N) is 1. The molecular weight excluding hydrogens is 256 g/mol. The first-order chi connectivity index (χ1) is 8.49. The number of aryl methyl sites for hydroxylation is 1. The van der Waals surface area contributed by atoms with Gasteiger partial charge >= 0.3 is 0 Å². The average Bonchev–Trinajstić information content (AvgIpc) is 2.58. The van der Waals surface area contributed by atoms with Crippen LogP contribution >= 0.6 is 11.6 Å². The van der Waals surface area contributed by atoms with E-state index in [-0.39, 0.29) is 11.1 Å². The van der Waals surface area contributed by atoms with Gasteiger partial charge in [-0.1, -0.05) is 11.6 Å². The zero-order valence-corrected chi connectivity index (χ0v) is 10.3. The summed E-state index contributed by atoms with van der Waals surface area (Å²) >= 11 is 5.76. The molecule has 1 aromatic heterocycles. The molecule has 94 valence electrons. The lowest BCUT2D eigenvalue weighted by Crippen LogP contribution is -2.28. The molecule has 0 saturated heterocycles. The van der Waals surface area contributed by atoms with Crippen LogP contribution in [0, 0.1) is 6.92 Å². The van der Waals surface area contributed by atoms with Crippen molar-refractivity contribution < 1.29 is 9.90 Å². The third kappa shape index (κ3) is 2.31. The van der Waals surface area contributed by atoms with Crippen LogP contribution in [0.4, 0.5) is 0 Å². The van der Waals surface area contributed by atoms with Crippen LogP contribution in [0.1, 0.15) is 11.3 Å². The molecule has 0 bridgehead atoms. The number of carbonyl (C=O) groups excluding carboxylic acids is 1. The van der Waals surface area contributed by atoms with Crippen LogP contribution in [-0.2, 0) is 11.2 Å². The van der Waals surface area contributed by atoms with Crippen molar-refractivity contribution in [1.82, 2.24) is 9.78 Å². The molecule has 0 unspecified atom stereocenters. The number of hydrogen-bond donors (Lipinski definition) is 1. The summed E-state index contributed by atoms with van der Waals surface area (Å²) in [4.78, 5) is 22.6. The van der Waals surface area contributed by atoms with Crippen LogP contribution in [0.25, 0.3) is 5.69 Å². The van der Waals surface area contributed by atoms with Crippen LogP contribution in [0.2, 0.25) is 5.02 Å². The van der Waals surface area contributed by atoms with Crippen LogP contribution in [0.5, 0.6) is 0 Å². The molecule has 0 aliphatic carbocycles. The molecule has 0 fully saturated rings. The van der Waals surface area contributed by atoms with Gasteiger partial charge in [-0.2, -0.15) is 0 Å². The van der Waals surface area contributed by atoms with Crippen LogP contribution < -0.4 is 10.7 Å². The number of nitrogens with one attached hydrogen (secondary N) is 1. The smallest absolute Gasteiger partial charge is 0.275 e. The number of carbonyl (C=O) groups is 1. The quantitative estimate of drug-likeness (QED) is 0.874. The Hall–Kier alpha value is -2.01. The van der Waals surface area contributed by atoms with E-state index in [1.54, 1.807) is 31.2 Å². The van der Waals surface area contributed by atoms with E-state index in [0.717, 1.165) is 0 Å². The van der Waals surface area contributed by atoms with E-state index in [1.165, 1.54) is 4.68 Å². The predicted octanol–water partition coefficient (Wildman–Crippen LogP) is 0.420. The van der Waals surface area contributed by atoms with Gasteiger partial charge in [-0.3, -0.25) is 9.89 Å². The average molecular weight is 266 g/mol. The van der Waals surface area contributed by atoms with Crippen molar-refractivity contribution in [3.05, 3.63) is 50.9 Å². The Labute approximate surface area is 108 Å². The second kappa shape index (κ2) is 4.70. The molecule has 2 rings (SSSR count). The van der Waals surface area contributed by atoms with Crippen molar-refractivity contribution in [2.24, 2.45) is 0 Å². The first kappa shape index (κ1) is 12.4. The standard InChI is InChI=1S/C12H11ClN2O3/c1-7-10(6-11(16)17)12(18)15(14-7)9-4-2-8(13)3-5-9/h2-5,14H,6H2,1H3,(H,16,17)/p-1. The fourth-order valence-electron chi connectivity index (χ4n) is 1.71. The molecule has 0 aliphatic heterocycles. The zero-order chi connectivity index (χ0) is 13.3. The van der Waals surface area contributed by atoms with Crippen molar-refractivity contribution in [1.29, 1.82) is 0 Å². The summed E-state index contributed by atoms with van der Waals surface area (Å²) in [5.41, 5.74) is 0.917. The van der Waals surface area contributed by atoms with Gasteiger partial charge in [-0.05, 0) is 31.2 Å². The first-order valence-electron chi connectivity index (χ1n) is 5.25. The lowest BCUT2D eigenvalue weighted by molar-refractivity contribution is -0.304. The monoisotopic (exact) mass is 265 g/mol. The molecule has 18 heavy (non-hydrogen) atoms. The van der Waals surface area contributed by atoms with E-state index in [4.69, 9.17) is 11.6 Å². The lowest BCUT2D eigenvalue weighted by atomic mass is 10.2. The number of halogens is 1. The molecule has 0 radical (unpaired) electrons. The molecule has 0 amide bonds. The molecular formula is C12H10ClN2O3-. The highest BCUT2D eigenvalue weighted by atomic mass is 35.5. The van der Waals surface area contributed by atoms with Gasteiger partial charge in [0, 0.05) is 28.7 Å². The summed E-state index contributed by atoms with van der Waals surface area (Å²) in [5, 5.41) is 14.0. The van der Waals surface area contributed by atoms with E-state index in [2.05, 4.69) is 5.10 Å². The maximum atomic E-state index is 12.0. The van der Waals surface area contributed by atoms with Gasteiger partial charge in [0.2, 0.25) is 0 Å². The topological polar surface area (TPSA) is 77.9 Å². The number of rotatable bonds is 3. The molecule has 0 aliphatic rings. The molecule has 5 nitrogen and oxygen atoms in total. The van der Waals surface area contributed by atoms with Crippen molar-refractivity contribution in [2.75, 3.05) is 0 Å². The molecule has 0 saturated carbocycles. The van der Waals surface area contributed by atoms with Gasteiger partial charge in [0.15, 0.2) is 0 Å². The van der Waals surface area contributed by atoms with Gasteiger partial charge in [-0.15, -0.1) is 0 Å². The Morgan fingerprint density at radius 2 is 2.00 bits per heavy atom. The maximum absolute atomic E-state index is 12.0. The number of benzene rings is 1. The molecule has 0 spiro atoms. The van der Waals surface area contributed by atoms with Crippen LogP contribution in [-0.4, -0.2) is 15.7 Å². The number of aromatic nitrogens is 2. The number of carboxylic acid groups (broad SMARTS) is 1. The van der Waals surface area contributed by atoms with E-state index >= 15 is 0 Å². The van der Waals surface area contributed by atoms with Crippen molar-refractivity contribution in [3.63, 3.8) is 0 Å². The number of hydrogen-bond acceptors (Lipinski definition) is 3. The normalized spacial score (nSPS) is 10.6. The van der Waals surface area contributed by atoms with Gasteiger partial charge < -0.3 is 9.90 Å². The van der Waals surface area contributed by atoms with Crippen molar-refractivity contribution in [3.8, 4) is 5.69 Å². The second-order valence-electron chi connectivity index (χ2n) is 3.88. The minimum absolute atomic E-state index is 0.199. The minimum atomic E-state index is -1.28. The first-order valence-corrected chi connectivity index (χ1v) is 5.63. The maximum Gasteiger partial charge on any atom is 0.275 e. The third-order valence-corrected chi connectivity index (χ3v) is 2.85. The predicted molar refractivity (Wildman–Crippen MR) is 64.8 cm³/mol. The molecule has 0 atom stereocenters. The SMILES string of the molecule is Cc1[nH]n(-c2ccc(Cl)cc2)c(=O)c1CC(=O)[O-]. The van der Waals surface area contributed by atoms with Crippen molar-refractivity contribution >= 4 is 17.6 Å². The van der Waals surface area contributed by atoms with Crippen LogP contribution in [0.3, 0.4) is 0 Å². The zero-order valence-electron chi connectivity index (χ0n) is 9.57. The highest BCUT2D eigenvalue weighted by Crippen LogP contribution is 2.12. The minimum Gasteiger partial charge on any atom is -0.550 e. The Morgan fingerprint density at radius 3 is 2.56 bits per heavy atom. The van der Waals surface area contributed by atoms with Crippen LogP contribution in [0.15, 0.2) is 29.1 Å². The largest absolute Gasteiger partial charge is 0.550 e. The summed E-state index contributed by atoms with van der Waals surface area (Å²) in [5.74, 6) is -1.28. The van der Waals surface area contributed by atoms with E-state index in [0.29, 0.717) is 16.4 Å². The molecule has 6 heteroatoms. The number of H-pyrrole nitrogens is 1. The Bertz CT molecular complexity index is 640. The highest BCUT2D eigenvalue weighted by Gasteiger charge is 2.12. The lowest BCUT2D eigenvalue weighted by Gasteiger charge is -2.01. The van der Waals surface area contributed by atoms with Gasteiger partial charge in [0.1, 0.15) is 0 Å². The summed E-state index contributed by atoms with van der Waals surface area (Å²) in [7, 11) is 0. The summed E-state index contributed by atoms with van der Waals surface area (Å²) < 4.78 is 1.28. The van der Waals surface area contributed by atoms with E-state index in [9.17, 15) is 14.7 Å². The fourth-order valence-corrected chi connectivity index (χ4v) is 1.83. The third-order valence-electron chi connectivity index (χ3n) is 2.60.